The predicted octanol–water partition coefficient (Wildman–Crippen LogP) is 2.81. The number of anilines is 1. The smallest absolute Gasteiger partial charge is 0.191 e. The first-order valence-corrected chi connectivity index (χ1v) is 11.1. The molecule has 0 radical (unpaired) electrons. The molecule has 1 fully saturated rings. The van der Waals surface area contributed by atoms with Gasteiger partial charge in [0.15, 0.2) is 5.96 Å². The normalized spacial score (nSPS) is 17.9. The summed E-state index contributed by atoms with van der Waals surface area (Å²) in [6.45, 7) is 2.68. The fourth-order valence-corrected chi connectivity index (χ4v) is 4.61. The highest BCUT2D eigenvalue weighted by molar-refractivity contribution is 7.10. The Hall–Kier alpha value is -2.45. The van der Waals surface area contributed by atoms with E-state index in [1.54, 1.807) is 25.6 Å². The molecule has 2 unspecified atom stereocenters. The molecule has 30 heavy (non-hydrogen) atoms. The van der Waals surface area contributed by atoms with Gasteiger partial charge in [0, 0.05) is 61.5 Å². The van der Waals surface area contributed by atoms with Gasteiger partial charge in [0.25, 0.3) is 0 Å². The van der Waals surface area contributed by atoms with Crippen LogP contribution in [0.1, 0.15) is 17.3 Å². The summed E-state index contributed by atoms with van der Waals surface area (Å²) >= 11 is 1.79. The number of aliphatic imine (C=N–C) groups is 1. The van der Waals surface area contributed by atoms with Crippen molar-refractivity contribution >= 4 is 23.0 Å². The van der Waals surface area contributed by atoms with Crippen molar-refractivity contribution in [1.82, 2.24) is 15.5 Å². The minimum atomic E-state index is 0.313. The van der Waals surface area contributed by atoms with E-state index in [0.29, 0.717) is 12.1 Å². The molecule has 0 spiro atoms. The topological polar surface area (TPSA) is 61.4 Å². The van der Waals surface area contributed by atoms with Crippen LogP contribution in [0.5, 0.6) is 11.5 Å². The molecule has 0 bridgehead atoms. The number of benzene rings is 1. The maximum atomic E-state index is 5.42. The number of hydrogen-bond acceptors (Lipinski definition) is 6. The van der Waals surface area contributed by atoms with E-state index in [2.05, 4.69) is 69.2 Å². The maximum absolute atomic E-state index is 5.42. The monoisotopic (exact) mass is 431 g/mol. The Labute approximate surface area is 183 Å². The second-order valence-electron chi connectivity index (χ2n) is 7.59. The molecule has 2 atom stereocenters. The third kappa shape index (κ3) is 5.58. The molecule has 1 aliphatic rings. The molecular formula is C22H33N5O2S. The Kier molecular flexibility index (Phi) is 7.81. The highest BCUT2D eigenvalue weighted by Gasteiger charge is 2.25. The number of hydrogen-bond donors (Lipinski definition) is 2. The lowest BCUT2D eigenvalue weighted by Crippen LogP contribution is -2.46. The van der Waals surface area contributed by atoms with Crippen LogP contribution in [-0.2, 0) is 0 Å². The molecule has 3 rings (SSSR count). The molecule has 2 aromatic rings. The van der Waals surface area contributed by atoms with Crippen molar-refractivity contribution < 1.29 is 9.47 Å². The van der Waals surface area contributed by atoms with E-state index in [-0.39, 0.29) is 0 Å². The molecule has 1 aromatic carbocycles. The molecule has 1 saturated heterocycles. The number of guanidine groups is 1. The molecule has 2 heterocycles. The zero-order valence-corrected chi connectivity index (χ0v) is 19.3. The van der Waals surface area contributed by atoms with Crippen LogP contribution >= 0.6 is 11.3 Å². The molecule has 0 aliphatic carbocycles. The third-order valence-corrected chi connectivity index (χ3v) is 6.39. The van der Waals surface area contributed by atoms with Gasteiger partial charge in [0.1, 0.15) is 11.5 Å². The van der Waals surface area contributed by atoms with Crippen LogP contribution in [0.4, 0.5) is 5.69 Å². The van der Waals surface area contributed by atoms with E-state index in [1.807, 2.05) is 13.1 Å². The van der Waals surface area contributed by atoms with Gasteiger partial charge < -0.3 is 29.9 Å². The van der Waals surface area contributed by atoms with Gasteiger partial charge in [-0.1, -0.05) is 6.07 Å². The number of rotatable bonds is 8. The number of methoxy groups -OCH3 is 2. The van der Waals surface area contributed by atoms with E-state index < -0.39 is 0 Å². The number of ether oxygens (including phenoxy) is 2. The summed E-state index contributed by atoms with van der Waals surface area (Å²) in [6, 6.07) is 10.9. The zero-order valence-electron chi connectivity index (χ0n) is 18.5. The first kappa shape index (κ1) is 22.2. The van der Waals surface area contributed by atoms with Gasteiger partial charge in [-0.2, -0.15) is 0 Å². The summed E-state index contributed by atoms with van der Waals surface area (Å²) in [5.41, 5.74) is 1.11. The van der Waals surface area contributed by atoms with Crippen LogP contribution in [0.15, 0.2) is 40.7 Å². The van der Waals surface area contributed by atoms with Crippen LogP contribution in [0, 0.1) is 0 Å². The van der Waals surface area contributed by atoms with Gasteiger partial charge in [0.05, 0.1) is 20.3 Å². The van der Waals surface area contributed by atoms with Gasteiger partial charge in [0.2, 0.25) is 0 Å². The minimum Gasteiger partial charge on any atom is -0.497 e. The summed E-state index contributed by atoms with van der Waals surface area (Å²) in [5.74, 6) is 2.46. The largest absolute Gasteiger partial charge is 0.497 e. The lowest BCUT2D eigenvalue weighted by molar-refractivity contribution is 0.302. The fourth-order valence-electron chi connectivity index (χ4n) is 3.69. The van der Waals surface area contributed by atoms with Gasteiger partial charge in [-0.25, -0.2) is 0 Å². The van der Waals surface area contributed by atoms with E-state index in [9.17, 15) is 0 Å². The maximum Gasteiger partial charge on any atom is 0.191 e. The Morgan fingerprint density at radius 3 is 2.57 bits per heavy atom. The average molecular weight is 432 g/mol. The van der Waals surface area contributed by atoms with Crippen molar-refractivity contribution in [3.8, 4) is 11.5 Å². The van der Waals surface area contributed by atoms with E-state index in [0.717, 1.165) is 49.2 Å². The second-order valence-corrected chi connectivity index (χ2v) is 8.57. The number of thiophene rings is 1. The third-order valence-electron chi connectivity index (χ3n) is 5.41. The fraction of sp³-hybridized carbons (Fsp3) is 0.500. The lowest BCUT2D eigenvalue weighted by Gasteiger charge is -2.25. The molecule has 1 aromatic heterocycles. The average Bonchev–Trinajstić information content (AvgIpc) is 3.44. The highest BCUT2D eigenvalue weighted by atomic mass is 32.1. The van der Waals surface area contributed by atoms with Crippen LogP contribution in [0.2, 0.25) is 0 Å². The number of nitrogens with one attached hydrogen (secondary N) is 2. The van der Waals surface area contributed by atoms with Crippen molar-refractivity contribution in [1.29, 1.82) is 0 Å². The van der Waals surface area contributed by atoms with Crippen molar-refractivity contribution in [2.24, 2.45) is 4.99 Å². The summed E-state index contributed by atoms with van der Waals surface area (Å²) in [4.78, 5) is 10.4. The molecule has 7 nitrogen and oxygen atoms in total. The second kappa shape index (κ2) is 10.5. The van der Waals surface area contributed by atoms with Gasteiger partial charge in [-0.15, -0.1) is 11.3 Å². The molecule has 2 N–H and O–H groups in total. The van der Waals surface area contributed by atoms with Gasteiger partial charge >= 0.3 is 0 Å². The summed E-state index contributed by atoms with van der Waals surface area (Å²) in [5, 5.41) is 9.21. The van der Waals surface area contributed by atoms with E-state index in [4.69, 9.17) is 9.47 Å². The summed E-state index contributed by atoms with van der Waals surface area (Å²) in [6.07, 6.45) is 1.04. The van der Waals surface area contributed by atoms with Crippen molar-refractivity contribution in [3.63, 3.8) is 0 Å². The Balaban J connectivity index is 1.57. The zero-order chi connectivity index (χ0) is 21.5. The SMILES string of the molecule is CN=C(NCC(c1cccs1)N(C)C)NC1CCN(c2cc(OC)cc(OC)c2)C1. The quantitative estimate of drug-likeness (QED) is 0.495. The van der Waals surface area contributed by atoms with E-state index in [1.165, 1.54) is 4.88 Å². The molecule has 8 heteroatoms. The van der Waals surface area contributed by atoms with Crippen molar-refractivity contribution in [3.05, 3.63) is 40.6 Å². The first-order valence-electron chi connectivity index (χ1n) is 10.2. The molecule has 0 saturated carbocycles. The Morgan fingerprint density at radius 1 is 1.27 bits per heavy atom. The van der Waals surface area contributed by atoms with Crippen molar-refractivity contribution in [2.45, 2.75) is 18.5 Å². The molecular weight excluding hydrogens is 398 g/mol. The minimum absolute atomic E-state index is 0.313. The van der Waals surface area contributed by atoms with E-state index >= 15 is 0 Å². The van der Waals surface area contributed by atoms with Crippen LogP contribution in [0.25, 0.3) is 0 Å². The number of likely N-dealkylation sites (N-methyl/N-ethyl adjacent to an activating group) is 1. The van der Waals surface area contributed by atoms with Gasteiger partial charge in [-0.3, -0.25) is 4.99 Å². The first-order chi connectivity index (χ1) is 14.5. The highest BCUT2D eigenvalue weighted by Crippen LogP contribution is 2.30. The Bertz CT molecular complexity index is 803. The molecule has 1 aliphatic heterocycles. The van der Waals surface area contributed by atoms with Crippen molar-refractivity contribution in [2.75, 3.05) is 59.9 Å². The summed E-state index contributed by atoms with van der Waals surface area (Å²) in [7, 11) is 9.41. The standard InChI is InChI=1S/C22H33N5O2S/c1-23-22(24-14-20(26(2)3)21-7-6-10-30-21)25-16-8-9-27(15-16)17-11-18(28-4)13-19(12-17)29-5/h6-7,10-13,16,20H,8-9,14-15H2,1-5H3,(H2,23,24,25). The van der Waals surface area contributed by atoms with Crippen LogP contribution < -0.4 is 25.0 Å². The van der Waals surface area contributed by atoms with Gasteiger partial charge in [-0.05, 0) is 32.0 Å². The predicted molar refractivity (Wildman–Crippen MR) is 125 cm³/mol. The molecule has 164 valence electrons. The Morgan fingerprint density at radius 2 is 2.00 bits per heavy atom. The molecule has 0 amide bonds. The van der Waals surface area contributed by atoms with Crippen LogP contribution in [-0.4, -0.2) is 71.9 Å². The summed E-state index contributed by atoms with van der Waals surface area (Å²) < 4.78 is 10.8. The van der Waals surface area contributed by atoms with Crippen LogP contribution in [0.3, 0.4) is 0 Å². The number of nitrogens with zero attached hydrogens (tertiary/aromatic N) is 3. The lowest BCUT2D eigenvalue weighted by atomic mass is 10.2.